The predicted octanol–water partition coefficient (Wildman–Crippen LogP) is 3.72. The Morgan fingerprint density at radius 3 is 2.21 bits per heavy atom. The van der Waals surface area contributed by atoms with Gasteiger partial charge in [0.1, 0.15) is 17.4 Å². The Balaban J connectivity index is 2.03. The van der Waals surface area contributed by atoms with E-state index in [1.165, 1.54) is 13.8 Å². The van der Waals surface area contributed by atoms with E-state index in [1.807, 2.05) is 36.4 Å². The summed E-state index contributed by atoms with van der Waals surface area (Å²) in [5.74, 6) is -0.649. The molecular weight excluding hydrogens is 442 g/mol. The van der Waals surface area contributed by atoms with E-state index in [0.717, 1.165) is 10.8 Å². The zero-order chi connectivity index (χ0) is 25.0. The second-order valence-electron chi connectivity index (χ2n) is 9.12. The maximum Gasteiger partial charge on any atom is 0.408 e. The summed E-state index contributed by atoms with van der Waals surface area (Å²) >= 11 is 0. The van der Waals surface area contributed by atoms with Gasteiger partial charge in [-0.25, -0.2) is 4.79 Å². The zero-order valence-electron chi connectivity index (χ0n) is 20.2. The second-order valence-corrected chi connectivity index (χ2v) is 9.12. The van der Waals surface area contributed by atoms with Crippen molar-refractivity contribution in [2.45, 2.75) is 77.8 Å². The van der Waals surface area contributed by atoms with Gasteiger partial charge in [0.15, 0.2) is 12.2 Å². The Bertz CT molecular complexity index is 1040. The average molecular weight is 474 g/mol. The first-order valence-electron chi connectivity index (χ1n) is 11.1. The summed E-state index contributed by atoms with van der Waals surface area (Å²) in [6.45, 7) is 9.35. The van der Waals surface area contributed by atoms with E-state index in [4.69, 9.17) is 23.7 Å². The molecule has 2 aromatic rings. The first-order valence-corrected chi connectivity index (χ1v) is 11.1. The average Bonchev–Trinajstić information content (AvgIpc) is 2.71. The number of rotatable bonds is 5. The first-order chi connectivity index (χ1) is 15.9. The van der Waals surface area contributed by atoms with E-state index in [-0.39, 0.29) is 0 Å². The largest absolute Gasteiger partial charge is 0.483 e. The van der Waals surface area contributed by atoms with Crippen LogP contribution in [0.2, 0.25) is 0 Å². The highest BCUT2D eigenvalue weighted by atomic mass is 16.7. The third-order valence-corrected chi connectivity index (χ3v) is 5.06. The molecule has 9 heteroatoms. The van der Waals surface area contributed by atoms with Crippen LogP contribution in [0.3, 0.4) is 0 Å². The summed E-state index contributed by atoms with van der Waals surface area (Å²) in [6.07, 6.45) is -4.55. The van der Waals surface area contributed by atoms with Gasteiger partial charge in [0.25, 0.3) is 0 Å². The van der Waals surface area contributed by atoms with Crippen molar-refractivity contribution >= 4 is 28.8 Å². The van der Waals surface area contributed by atoms with Crippen molar-refractivity contribution in [3.63, 3.8) is 0 Å². The lowest BCUT2D eigenvalue weighted by molar-refractivity contribution is -0.253. The minimum absolute atomic E-state index is 0.506. The van der Waals surface area contributed by atoms with E-state index in [1.54, 1.807) is 33.8 Å². The topological polar surface area (TPSA) is 109 Å². The van der Waals surface area contributed by atoms with Crippen LogP contribution in [0, 0.1) is 0 Å². The van der Waals surface area contributed by atoms with Gasteiger partial charge >= 0.3 is 18.0 Å². The third kappa shape index (κ3) is 6.38. The summed E-state index contributed by atoms with van der Waals surface area (Å²) in [7, 11) is 0. The number of benzene rings is 2. The summed E-state index contributed by atoms with van der Waals surface area (Å²) in [5, 5.41) is 4.46. The summed E-state index contributed by atoms with van der Waals surface area (Å²) in [5.41, 5.74) is -0.773. The Hall–Kier alpha value is -3.33. The lowest BCUT2D eigenvalue weighted by Gasteiger charge is -2.44. The van der Waals surface area contributed by atoms with Crippen molar-refractivity contribution in [2.75, 3.05) is 0 Å². The minimum atomic E-state index is -1.20. The fraction of sp³-hybridized carbons (Fsp3) is 0.480. The quantitative estimate of drug-likeness (QED) is 0.517. The highest BCUT2D eigenvalue weighted by molar-refractivity contribution is 5.88. The number of carbonyl (C=O) groups is 3. The summed E-state index contributed by atoms with van der Waals surface area (Å²) < 4.78 is 28.5. The molecule has 0 saturated carbocycles. The summed E-state index contributed by atoms with van der Waals surface area (Å²) in [6, 6.07) is 12.1. The molecule has 0 radical (unpaired) electrons. The molecule has 2 aromatic carbocycles. The van der Waals surface area contributed by atoms with Gasteiger partial charge in [0.05, 0.1) is 6.10 Å². The molecule has 1 heterocycles. The monoisotopic (exact) mass is 473 g/mol. The molecule has 1 aliphatic heterocycles. The number of esters is 2. The molecule has 0 aromatic heterocycles. The number of carbonyl (C=O) groups excluding carboxylic acids is 3. The normalized spacial score (nSPS) is 24.7. The molecule has 5 atom stereocenters. The Labute approximate surface area is 198 Å². The van der Waals surface area contributed by atoms with E-state index < -0.39 is 54.3 Å². The maximum absolute atomic E-state index is 12.7. The lowest BCUT2D eigenvalue weighted by atomic mass is 9.96. The van der Waals surface area contributed by atoms with Gasteiger partial charge in [-0.15, -0.1) is 0 Å². The molecule has 184 valence electrons. The molecule has 1 N–H and O–H groups in total. The Kier molecular flexibility index (Phi) is 7.66. The van der Waals surface area contributed by atoms with Crippen LogP contribution in [0.25, 0.3) is 10.8 Å². The number of alkyl carbamates (subject to hydrolysis) is 1. The highest BCUT2D eigenvalue weighted by Crippen LogP contribution is 2.32. The first kappa shape index (κ1) is 25.3. The molecule has 9 nitrogen and oxygen atoms in total. The molecule has 0 aliphatic carbocycles. The van der Waals surface area contributed by atoms with Gasteiger partial charge in [-0.1, -0.05) is 36.4 Å². The minimum Gasteiger partial charge on any atom is -0.483 e. The van der Waals surface area contributed by atoms with Gasteiger partial charge in [-0.2, -0.15) is 0 Å². The predicted molar refractivity (Wildman–Crippen MR) is 123 cm³/mol. The van der Waals surface area contributed by atoms with Crippen molar-refractivity contribution in [3.05, 3.63) is 42.5 Å². The number of fused-ring (bicyclic) bond motifs is 1. The van der Waals surface area contributed by atoms with Crippen LogP contribution in [0.4, 0.5) is 4.79 Å². The Morgan fingerprint density at radius 1 is 0.912 bits per heavy atom. The number of hydrogen-bond acceptors (Lipinski definition) is 8. The Morgan fingerprint density at radius 2 is 1.56 bits per heavy atom. The fourth-order valence-electron chi connectivity index (χ4n) is 3.80. The van der Waals surface area contributed by atoms with Crippen molar-refractivity contribution < 1.29 is 38.1 Å². The molecule has 3 rings (SSSR count). The van der Waals surface area contributed by atoms with Crippen LogP contribution in [-0.4, -0.2) is 54.3 Å². The van der Waals surface area contributed by atoms with Crippen LogP contribution in [0.1, 0.15) is 41.5 Å². The molecule has 1 saturated heterocycles. The van der Waals surface area contributed by atoms with E-state index >= 15 is 0 Å². The number of nitrogens with one attached hydrogen (secondary N) is 1. The molecule has 1 aliphatic rings. The molecule has 0 bridgehead atoms. The number of hydrogen-bond donors (Lipinski definition) is 1. The van der Waals surface area contributed by atoms with Gasteiger partial charge in [-0.3, -0.25) is 9.59 Å². The van der Waals surface area contributed by atoms with Gasteiger partial charge in [-0.05, 0) is 39.1 Å². The van der Waals surface area contributed by atoms with Crippen molar-refractivity contribution in [1.29, 1.82) is 0 Å². The van der Waals surface area contributed by atoms with E-state index in [0.29, 0.717) is 5.75 Å². The summed E-state index contributed by atoms with van der Waals surface area (Å²) in [4.78, 5) is 36.4. The van der Waals surface area contributed by atoms with Crippen LogP contribution in [0.15, 0.2) is 42.5 Å². The maximum atomic E-state index is 12.7. The standard InChI is InChI=1S/C25H31NO8/c1-14-21(31-15(2)27)22(33-19-13-9-11-17-10-7-8-12-18(17)19)20(23(30-14)32-16(3)28)26-24(29)34-25(4,5)6/h7-14,20-23H,1-6H3,(H,26,29)/t14-,20-,21+,22-,23-/m0/s1. The molecular formula is C25H31NO8. The lowest BCUT2D eigenvalue weighted by Crippen LogP contribution is -2.66. The molecule has 1 fully saturated rings. The number of ether oxygens (including phenoxy) is 5. The second kappa shape index (κ2) is 10.3. The highest BCUT2D eigenvalue weighted by Gasteiger charge is 2.50. The number of amides is 1. The molecule has 0 unspecified atom stereocenters. The molecule has 0 spiro atoms. The van der Waals surface area contributed by atoms with E-state index in [9.17, 15) is 14.4 Å². The van der Waals surface area contributed by atoms with Crippen molar-refractivity contribution in [1.82, 2.24) is 5.32 Å². The zero-order valence-corrected chi connectivity index (χ0v) is 20.2. The smallest absolute Gasteiger partial charge is 0.408 e. The van der Waals surface area contributed by atoms with Gasteiger partial charge < -0.3 is 29.0 Å². The van der Waals surface area contributed by atoms with Crippen LogP contribution >= 0.6 is 0 Å². The molecule has 1 amide bonds. The third-order valence-electron chi connectivity index (χ3n) is 5.06. The fourth-order valence-corrected chi connectivity index (χ4v) is 3.80. The van der Waals surface area contributed by atoms with Crippen molar-refractivity contribution in [2.24, 2.45) is 0 Å². The van der Waals surface area contributed by atoms with Gasteiger partial charge in [0, 0.05) is 19.2 Å². The van der Waals surface area contributed by atoms with Crippen LogP contribution < -0.4 is 10.1 Å². The van der Waals surface area contributed by atoms with Crippen LogP contribution in [-0.2, 0) is 28.5 Å². The van der Waals surface area contributed by atoms with Crippen LogP contribution in [0.5, 0.6) is 5.75 Å². The van der Waals surface area contributed by atoms with Gasteiger partial charge in [0.2, 0.25) is 6.29 Å². The van der Waals surface area contributed by atoms with E-state index in [2.05, 4.69) is 5.32 Å². The molecule has 34 heavy (non-hydrogen) atoms. The van der Waals surface area contributed by atoms with Crippen molar-refractivity contribution in [3.8, 4) is 5.75 Å². The SMILES string of the molecule is CC(=O)O[C@@H]1O[C@@H](C)[C@@H](OC(C)=O)[C@@H](Oc2cccc3ccccc23)[C@@H]1NC(=O)OC(C)(C)C.